The van der Waals surface area contributed by atoms with Crippen LogP contribution in [0.3, 0.4) is 0 Å². The van der Waals surface area contributed by atoms with E-state index in [1.54, 1.807) is 0 Å². The number of hydrogen-bond acceptors (Lipinski definition) is 4. The Morgan fingerprint density at radius 1 is 1.31 bits per heavy atom. The third-order valence-electron chi connectivity index (χ3n) is 3.22. The molecule has 4 heteroatoms. The lowest BCUT2D eigenvalue weighted by molar-refractivity contribution is 0.653. The highest BCUT2D eigenvalue weighted by molar-refractivity contribution is 5.36. The van der Waals surface area contributed by atoms with Crippen LogP contribution < -0.4 is 11.3 Å². The molecule has 1 fully saturated rings. The molecular weight excluding hydrogens is 200 g/mol. The Bertz CT molecular complexity index is 356. The van der Waals surface area contributed by atoms with Crippen LogP contribution in [0.1, 0.15) is 62.9 Å². The normalized spacial score (nSPS) is 17.0. The van der Waals surface area contributed by atoms with Crippen molar-refractivity contribution in [1.82, 2.24) is 9.97 Å². The third-order valence-corrected chi connectivity index (χ3v) is 3.22. The fourth-order valence-corrected chi connectivity index (χ4v) is 2.22. The fourth-order valence-electron chi connectivity index (χ4n) is 2.22. The van der Waals surface area contributed by atoms with E-state index < -0.39 is 0 Å². The predicted molar refractivity (Wildman–Crippen MR) is 65.1 cm³/mol. The van der Waals surface area contributed by atoms with E-state index in [9.17, 15) is 0 Å². The number of nitrogens with two attached hydrogens (primary N) is 1. The number of hydrazine groups is 1. The maximum atomic E-state index is 5.45. The highest BCUT2D eigenvalue weighted by Gasteiger charge is 2.21. The average Bonchev–Trinajstić information content (AvgIpc) is 2.81. The minimum Gasteiger partial charge on any atom is -0.308 e. The Balaban J connectivity index is 2.32. The number of nitrogens with one attached hydrogen (secondary N) is 1. The second-order valence-corrected chi connectivity index (χ2v) is 4.82. The van der Waals surface area contributed by atoms with Crippen LogP contribution in [0.5, 0.6) is 0 Å². The van der Waals surface area contributed by atoms with Crippen molar-refractivity contribution in [3.8, 4) is 0 Å². The van der Waals surface area contributed by atoms with Crippen molar-refractivity contribution in [2.75, 3.05) is 5.43 Å². The first kappa shape index (κ1) is 11.3. The molecule has 1 aromatic rings. The first-order valence-electron chi connectivity index (χ1n) is 6.06. The van der Waals surface area contributed by atoms with Crippen LogP contribution in [0.2, 0.25) is 0 Å². The Hall–Kier alpha value is -1.16. The molecule has 0 radical (unpaired) electrons. The van der Waals surface area contributed by atoms with Gasteiger partial charge in [0.05, 0.1) is 0 Å². The van der Waals surface area contributed by atoms with Crippen LogP contribution in [-0.4, -0.2) is 9.97 Å². The van der Waals surface area contributed by atoms with Gasteiger partial charge in [-0.3, -0.25) is 0 Å². The second-order valence-electron chi connectivity index (χ2n) is 4.82. The lowest BCUT2D eigenvalue weighted by Crippen LogP contribution is -2.13. The Morgan fingerprint density at radius 3 is 2.56 bits per heavy atom. The van der Waals surface area contributed by atoms with Gasteiger partial charge in [-0.2, -0.15) is 0 Å². The molecule has 1 aromatic heterocycles. The van der Waals surface area contributed by atoms with Gasteiger partial charge in [0.1, 0.15) is 11.6 Å². The van der Waals surface area contributed by atoms with Crippen molar-refractivity contribution < 1.29 is 0 Å². The van der Waals surface area contributed by atoms with Gasteiger partial charge in [-0.25, -0.2) is 15.8 Å². The summed E-state index contributed by atoms with van der Waals surface area (Å²) in [5, 5.41) is 0. The van der Waals surface area contributed by atoms with Crippen molar-refractivity contribution in [3.63, 3.8) is 0 Å². The molecule has 0 spiro atoms. The van der Waals surface area contributed by atoms with Crippen molar-refractivity contribution in [2.45, 2.75) is 51.4 Å². The molecule has 0 unspecified atom stereocenters. The van der Waals surface area contributed by atoms with Gasteiger partial charge < -0.3 is 5.43 Å². The molecule has 0 aromatic carbocycles. The molecule has 1 aliphatic carbocycles. The van der Waals surface area contributed by atoms with Crippen molar-refractivity contribution >= 4 is 5.82 Å². The van der Waals surface area contributed by atoms with Gasteiger partial charge in [-0.05, 0) is 18.8 Å². The van der Waals surface area contributed by atoms with Crippen molar-refractivity contribution in [1.29, 1.82) is 0 Å². The Morgan fingerprint density at radius 2 is 2.00 bits per heavy atom. The number of nitrogens with zero attached hydrogens (tertiary/aromatic N) is 2. The van der Waals surface area contributed by atoms with E-state index in [4.69, 9.17) is 5.84 Å². The van der Waals surface area contributed by atoms with Gasteiger partial charge in [0, 0.05) is 17.7 Å². The van der Waals surface area contributed by atoms with Crippen molar-refractivity contribution in [2.24, 2.45) is 5.84 Å². The van der Waals surface area contributed by atoms with E-state index in [0.717, 1.165) is 17.3 Å². The monoisotopic (exact) mass is 220 g/mol. The molecule has 1 heterocycles. The van der Waals surface area contributed by atoms with Gasteiger partial charge in [0.2, 0.25) is 0 Å². The summed E-state index contributed by atoms with van der Waals surface area (Å²) >= 11 is 0. The lowest BCUT2D eigenvalue weighted by Gasteiger charge is -2.13. The SMILES string of the molecule is CC(C)c1cc(NN)nc(C2CCCC2)n1. The molecule has 3 N–H and O–H groups in total. The van der Waals surface area contributed by atoms with Gasteiger partial charge in [0.15, 0.2) is 0 Å². The van der Waals surface area contributed by atoms with Gasteiger partial charge >= 0.3 is 0 Å². The fraction of sp³-hybridized carbons (Fsp3) is 0.667. The van der Waals surface area contributed by atoms with E-state index in [2.05, 4.69) is 29.2 Å². The average molecular weight is 220 g/mol. The highest BCUT2D eigenvalue weighted by Crippen LogP contribution is 2.33. The number of anilines is 1. The summed E-state index contributed by atoms with van der Waals surface area (Å²) in [5.41, 5.74) is 3.71. The second kappa shape index (κ2) is 4.78. The molecule has 0 aliphatic heterocycles. The van der Waals surface area contributed by atoms with Crippen LogP contribution in [0.25, 0.3) is 0 Å². The molecule has 0 amide bonds. The number of hydrogen-bond donors (Lipinski definition) is 2. The largest absolute Gasteiger partial charge is 0.308 e. The molecule has 0 saturated heterocycles. The van der Waals surface area contributed by atoms with E-state index in [0.29, 0.717) is 11.8 Å². The Labute approximate surface area is 96.6 Å². The van der Waals surface area contributed by atoms with E-state index >= 15 is 0 Å². The maximum absolute atomic E-state index is 5.45. The van der Waals surface area contributed by atoms with Crippen LogP contribution in [-0.2, 0) is 0 Å². The summed E-state index contributed by atoms with van der Waals surface area (Å²) in [5.74, 6) is 8.10. The first-order valence-corrected chi connectivity index (χ1v) is 6.06. The number of aromatic nitrogens is 2. The predicted octanol–water partition coefficient (Wildman–Crippen LogP) is 2.54. The van der Waals surface area contributed by atoms with Crippen LogP contribution in [0.4, 0.5) is 5.82 Å². The van der Waals surface area contributed by atoms with Gasteiger partial charge in [0.25, 0.3) is 0 Å². The molecule has 0 bridgehead atoms. The smallest absolute Gasteiger partial charge is 0.143 e. The molecule has 4 nitrogen and oxygen atoms in total. The summed E-state index contributed by atoms with van der Waals surface area (Å²) in [6.45, 7) is 4.28. The third kappa shape index (κ3) is 2.32. The minimum atomic E-state index is 0.412. The highest BCUT2D eigenvalue weighted by atomic mass is 15.3. The van der Waals surface area contributed by atoms with Gasteiger partial charge in [-0.1, -0.05) is 26.7 Å². The van der Waals surface area contributed by atoms with Crippen LogP contribution in [0, 0.1) is 0 Å². The minimum absolute atomic E-state index is 0.412. The first-order chi connectivity index (χ1) is 7.70. The molecule has 1 saturated carbocycles. The summed E-state index contributed by atoms with van der Waals surface area (Å²) in [7, 11) is 0. The quantitative estimate of drug-likeness (QED) is 0.607. The summed E-state index contributed by atoms with van der Waals surface area (Å²) in [6.07, 6.45) is 5.02. The summed E-state index contributed by atoms with van der Waals surface area (Å²) < 4.78 is 0. The molecule has 2 rings (SSSR count). The zero-order valence-electron chi connectivity index (χ0n) is 10.0. The summed E-state index contributed by atoms with van der Waals surface area (Å²) in [6, 6.07) is 1.93. The van der Waals surface area contributed by atoms with Gasteiger partial charge in [-0.15, -0.1) is 0 Å². The van der Waals surface area contributed by atoms with Crippen molar-refractivity contribution in [3.05, 3.63) is 17.6 Å². The standard InChI is InChI=1S/C12H20N4/c1-8(2)10-7-11(16-13)15-12(14-10)9-5-3-4-6-9/h7-9H,3-6,13H2,1-2H3,(H,14,15,16). The maximum Gasteiger partial charge on any atom is 0.143 e. The van der Waals surface area contributed by atoms with Crippen LogP contribution >= 0.6 is 0 Å². The topological polar surface area (TPSA) is 63.8 Å². The Kier molecular flexibility index (Phi) is 3.39. The summed E-state index contributed by atoms with van der Waals surface area (Å²) in [4.78, 5) is 9.13. The van der Waals surface area contributed by atoms with E-state index in [-0.39, 0.29) is 0 Å². The number of rotatable bonds is 3. The van der Waals surface area contributed by atoms with Crippen LogP contribution in [0.15, 0.2) is 6.07 Å². The van der Waals surface area contributed by atoms with E-state index in [1.165, 1.54) is 25.7 Å². The molecular formula is C12H20N4. The molecule has 1 aliphatic rings. The molecule has 88 valence electrons. The molecule has 0 atom stereocenters. The number of nitrogen functional groups attached to an aromatic ring is 1. The lowest BCUT2D eigenvalue weighted by atomic mass is 10.1. The molecule has 16 heavy (non-hydrogen) atoms. The zero-order valence-corrected chi connectivity index (χ0v) is 10.0. The zero-order chi connectivity index (χ0) is 11.5. The van der Waals surface area contributed by atoms with E-state index in [1.807, 2.05) is 6.07 Å².